The van der Waals surface area contributed by atoms with E-state index in [0.717, 1.165) is 42.7 Å². The second kappa shape index (κ2) is 14.1. The van der Waals surface area contributed by atoms with Crippen molar-refractivity contribution in [2.24, 2.45) is 17.8 Å². The van der Waals surface area contributed by atoms with Gasteiger partial charge in [-0.25, -0.2) is 4.21 Å². The van der Waals surface area contributed by atoms with Crippen molar-refractivity contribution in [3.05, 3.63) is 70.3 Å². The molecule has 3 aliphatic heterocycles. The molecule has 0 radical (unpaired) electrons. The van der Waals surface area contributed by atoms with Crippen LogP contribution in [0.2, 0.25) is 5.02 Å². The molecule has 2 aromatic rings. The number of benzene rings is 2. The molecule has 53 heavy (non-hydrogen) atoms. The van der Waals surface area contributed by atoms with Crippen LogP contribution in [0.4, 0.5) is 18.9 Å². The van der Waals surface area contributed by atoms with E-state index in [2.05, 4.69) is 21.6 Å². The molecule has 7 rings (SSSR count). The van der Waals surface area contributed by atoms with Crippen LogP contribution in [0.1, 0.15) is 67.4 Å². The van der Waals surface area contributed by atoms with Crippen molar-refractivity contribution < 1.29 is 41.5 Å². The number of halogens is 4. The van der Waals surface area contributed by atoms with Gasteiger partial charge in [0.15, 0.2) is 5.60 Å². The molecule has 2 aromatic carbocycles. The minimum Gasteiger partial charge on any atom is -0.490 e. The minimum atomic E-state index is -4.83. The van der Waals surface area contributed by atoms with Gasteiger partial charge in [-0.2, -0.15) is 13.2 Å². The van der Waals surface area contributed by atoms with Crippen LogP contribution in [0.25, 0.3) is 0 Å². The van der Waals surface area contributed by atoms with E-state index in [1.54, 1.807) is 25.1 Å². The molecule has 2 fully saturated rings. The van der Waals surface area contributed by atoms with Crippen LogP contribution in [0.3, 0.4) is 0 Å². The quantitative estimate of drug-likeness (QED) is 0.304. The maximum Gasteiger partial charge on any atom is 0.420 e. The van der Waals surface area contributed by atoms with Gasteiger partial charge >= 0.3 is 6.18 Å². The highest BCUT2D eigenvalue weighted by atomic mass is 35.5. The molecule has 7 atom stereocenters. The van der Waals surface area contributed by atoms with Crippen LogP contribution >= 0.6 is 11.6 Å². The number of nitrogens with one attached hydrogen (secondary N) is 1. The van der Waals surface area contributed by atoms with Crippen molar-refractivity contribution >= 4 is 44.7 Å². The van der Waals surface area contributed by atoms with Crippen molar-refractivity contribution in [2.45, 2.75) is 80.9 Å². The van der Waals surface area contributed by atoms with Crippen LogP contribution in [-0.4, -0.2) is 94.4 Å². The first-order valence-electron chi connectivity index (χ1n) is 18.3. The Morgan fingerprint density at radius 2 is 1.94 bits per heavy atom. The van der Waals surface area contributed by atoms with Gasteiger partial charge in [0.1, 0.15) is 12.4 Å². The Labute approximate surface area is 314 Å². The predicted octanol–water partition coefficient (Wildman–Crippen LogP) is 5.71. The topological polar surface area (TPSA) is 108 Å². The number of aliphatic hydroxyl groups is 1. The number of hydrogen-bond acceptors (Lipinski definition) is 7. The summed E-state index contributed by atoms with van der Waals surface area (Å²) in [6.07, 6.45) is 3.46. The van der Waals surface area contributed by atoms with Crippen molar-refractivity contribution in [3.63, 3.8) is 0 Å². The summed E-state index contributed by atoms with van der Waals surface area (Å²) in [5.74, 6) is 3.45. The van der Waals surface area contributed by atoms with Crippen LogP contribution in [-0.2, 0) is 31.1 Å². The molecule has 1 saturated carbocycles. The van der Waals surface area contributed by atoms with Crippen LogP contribution in [0.15, 0.2) is 48.6 Å². The lowest BCUT2D eigenvalue weighted by molar-refractivity contribution is -0.297. The molecule has 2 amide bonds. The van der Waals surface area contributed by atoms with E-state index >= 15 is 0 Å². The van der Waals surface area contributed by atoms with E-state index in [4.69, 9.17) is 21.1 Å². The first-order chi connectivity index (χ1) is 25.0. The number of aryl methyl sites for hydroxylation is 1. The number of likely N-dealkylation sites (tertiary alicyclic amines) is 1. The molecule has 0 aromatic heterocycles. The fourth-order valence-corrected chi connectivity index (χ4v) is 10.3. The highest BCUT2D eigenvalue weighted by Crippen LogP contribution is 2.47. The molecule has 2 bridgehead atoms. The second-order valence-electron chi connectivity index (χ2n) is 15.8. The normalized spacial score (nSPS) is 33.3. The van der Waals surface area contributed by atoms with Crippen LogP contribution in [0, 0.1) is 17.8 Å². The third-order valence-corrected chi connectivity index (χ3v) is 14.8. The second-order valence-corrected chi connectivity index (χ2v) is 18.7. The van der Waals surface area contributed by atoms with Crippen LogP contribution in [0.5, 0.6) is 5.75 Å². The lowest BCUT2D eigenvalue weighted by Crippen LogP contribution is -2.70. The lowest BCUT2D eigenvalue weighted by Gasteiger charge is -2.47. The number of nitrogens with zero attached hydrogens (tertiary/aromatic N) is 2. The summed E-state index contributed by atoms with van der Waals surface area (Å²) in [4.78, 5) is 29.9. The summed E-state index contributed by atoms with van der Waals surface area (Å²) in [5, 5.41) is 10.1. The number of anilines is 1. The van der Waals surface area contributed by atoms with E-state index in [-0.39, 0.29) is 23.2 Å². The minimum absolute atomic E-state index is 0.00671. The number of ether oxygens (including phenoxy) is 2. The molecule has 9 nitrogen and oxygen atoms in total. The van der Waals surface area contributed by atoms with Gasteiger partial charge in [0.25, 0.3) is 5.91 Å². The third kappa shape index (κ3) is 7.30. The Bertz CT molecular complexity index is 1900. The number of carbonyl (C=O) groups excluding carboxylic acids is 2. The molecule has 1 saturated heterocycles. The zero-order chi connectivity index (χ0) is 37.9. The van der Waals surface area contributed by atoms with Gasteiger partial charge in [-0.1, -0.05) is 36.7 Å². The number of alkyl halides is 3. The highest BCUT2D eigenvalue weighted by molar-refractivity contribution is 7.99. The Balaban J connectivity index is 1.21. The number of allylic oxidation sites excluding steroid dienone is 1. The van der Waals surface area contributed by atoms with Crippen molar-refractivity contribution in [3.8, 4) is 5.75 Å². The Kier molecular flexibility index (Phi) is 10.1. The monoisotopic (exact) mass is 777 g/mol. The van der Waals surface area contributed by atoms with Gasteiger partial charge in [-0.3, -0.25) is 14.3 Å². The molecule has 2 N–H and O–H groups in total. The van der Waals surface area contributed by atoms with E-state index in [1.807, 2.05) is 31.2 Å². The summed E-state index contributed by atoms with van der Waals surface area (Å²) < 4.78 is 69.1. The SMILES string of the molecule is C=S1(=O)NC(=O)c2ccc3c(c2)N(C[C@@H]2CC[C@H]2[C@@H](OCC(=O)N2CC(O)(C(F)(F)F)C2)/C=C/C[C@H](C)[C@H]1C)C[C@@]1(CCCc2cc(Cl)ccc21)CO3. The fraction of sp³-hybridized carbons (Fsp3) is 0.564. The number of fused-ring (bicyclic) bond motifs is 4. The van der Waals surface area contributed by atoms with Gasteiger partial charge in [0, 0.05) is 34.3 Å². The number of carbonyl (C=O) groups is 2. The Morgan fingerprint density at radius 1 is 1.17 bits per heavy atom. The van der Waals surface area contributed by atoms with Gasteiger partial charge in [-0.05, 0) is 111 Å². The zero-order valence-corrected chi connectivity index (χ0v) is 31.6. The maximum absolute atomic E-state index is 13.8. The van der Waals surface area contributed by atoms with E-state index in [0.29, 0.717) is 42.5 Å². The molecule has 2 aliphatic carbocycles. The van der Waals surface area contributed by atoms with Crippen LogP contribution < -0.4 is 14.4 Å². The smallest absolute Gasteiger partial charge is 0.420 e. The van der Waals surface area contributed by atoms with Crippen molar-refractivity contribution in [2.75, 3.05) is 44.3 Å². The van der Waals surface area contributed by atoms with E-state index in [9.17, 15) is 32.1 Å². The first-order valence-corrected chi connectivity index (χ1v) is 20.5. The van der Waals surface area contributed by atoms with Crippen molar-refractivity contribution in [1.82, 2.24) is 9.62 Å². The highest BCUT2D eigenvalue weighted by Gasteiger charge is 2.62. The number of rotatable bonds is 3. The molecule has 1 spiro atoms. The zero-order valence-electron chi connectivity index (χ0n) is 30.0. The number of β-amino-alcohol motifs (C(OH)–C–C–N with tert-alkyl or cyclic N) is 1. The largest absolute Gasteiger partial charge is 0.490 e. The van der Waals surface area contributed by atoms with Gasteiger partial charge in [-0.15, -0.1) is 0 Å². The molecule has 5 aliphatic rings. The van der Waals surface area contributed by atoms with Gasteiger partial charge in [0.2, 0.25) is 5.91 Å². The van der Waals surface area contributed by atoms with E-state index < -0.39 is 64.3 Å². The lowest BCUT2D eigenvalue weighted by atomic mass is 9.68. The van der Waals surface area contributed by atoms with Gasteiger partial charge < -0.3 is 24.4 Å². The van der Waals surface area contributed by atoms with E-state index in [1.165, 1.54) is 11.1 Å². The fourth-order valence-electron chi connectivity index (χ4n) is 8.62. The molecule has 14 heteroatoms. The number of amides is 2. The predicted molar refractivity (Wildman–Crippen MR) is 199 cm³/mol. The summed E-state index contributed by atoms with van der Waals surface area (Å²) in [5.41, 5.74) is 0.233. The summed E-state index contributed by atoms with van der Waals surface area (Å²) in [7, 11) is -3.08. The molecule has 1 unspecified atom stereocenters. The third-order valence-electron chi connectivity index (χ3n) is 12.3. The number of hydrogen-bond donors (Lipinski definition) is 2. The molecule has 3 heterocycles. The summed E-state index contributed by atoms with van der Waals surface area (Å²) in [6.45, 7) is 3.29. The molecular weight excluding hydrogens is 731 g/mol. The van der Waals surface area contributed by atoms with Crippen molar-refractivity contribution in [1.29, 1.82) is 0 Å². The Morgan fingerprint density at radius 3 is 2.66 bits per heavy atom. The molecular formula is C39H47ClF3N3O6S. The standard InChI is InChI=1S/C39H47ClF3N3O6S/c1-24-6-4-8-33(51-19-35(47)46-21-38(49,22-46)39(41,42)43)30-12-9-28(30)18-45-20-37(15-5-7-26-16-29(40)11-13-31(26)37)23-52-34-14-10-27(17-32(34)45)36(48)44-53(3,50)25(24)2/h4,8,10-11,13-14,16-17,24-25,28,30,33,49H,3,5-7,9,12,15,18-23H2,1-2H3,(H,44,48,50)/b8-4+/t24-,25+,28-,30+,33-,37-,53?/m0/s1. The average Bonchev–Trinajstić information content (AvgIpc) is 3.22. The summed E-state index contributed by atoms with van der Waals surface area (Å²) in [6, 6.07) is 11.4. The Hall–Kier alpha value is -3.26. The first kappa shape index (κ1) is 38.0. The maximum atomic E-state index is 13.8. The summed E-state index contributed by atoms with van der Waals surface area (Å²) >= 11 is 6.43. The average molecular weight is 778 g/mol. The van der Waals surface area contributed by atoms with Gasteiger partial charge in [0.05, 0.1) is 41.2 Å². The molecule has 288 valence electrons.